The highest BCUT2D eigenvalue weighted by Crippen LogP contribution is 2.65. The molecule has 0 unspecified atom stereocenters. The van der Waals surface area contributed by atoms with Gasteiger partial charge in [-0.05, 0) is 55.4 Å². The van der Waals surface area contributed by atoms with Crippen molar-refractivity contribution in [3.63, 3.8) is 0 Å². The number of carbonyl (C=O) groups is 2. The Bertz CT molecular complexity index is 647. The van der Waals surface area contributed by atoms with Crippen molar-refractivity contribution in [2.75, 3.05) is 0 Å². The van der Waals surface area contributed by atoms with Gasteiger partial charge in [0.05, 0.1) is 0 Å². The van der Waals surface area contributed by atoms with Gasteiger partial charge in [-0.1, -0.05) is 25.5 Å². The lowest BCUT2D eigenvalue weighted by Gasteiger charge is -2.56. The lowest BCUT2D eigenvalue weighted by molar-refractivity contribution is -0.155. The van der Waals surface area contributed by atoms with Gasteiger partial charge in [0, 0.05) is 12.3 Å². The van der Waals surface area contributed by atoms with E-state index in [2.05, 4.69) is 32.6 Å². The minimum absolute atomic E-state index is 0.00517. The molecule has 1 saturated heterocycles. The molecule has 0 radical (unpaired) electrons. The Labute approximate surface area is 138 Å². The standard InChI is InChI=1S/C20H26O3/c1-5-18(2)8-6-13-12(11-18)10-14-16-19(13,3)9-7-15(21)20(16,4)17(22)23-14/h5,10,13-14,16H,1,6-9,11H2,2-4H3/t13-,14-,16-,18-,19-,20+/m0/s1. The van der Waals surface area contributed by atoms with Gasteiger partial charge in [-0.3, -0.25) is 9.59 Å². The largest absolute Gasteiger partial charge is 0.457 e. The first-order chi connectivity index (χ1) is 10.7. The Balaban J connectivity index is 1.83. The van der Waals surface area contributed by atoms with E-state index in [0.717, 1.165) is 25.7 Å². The lowest BCUT2D eigenvalue weighted by Crippen LogP contribution is -2.57. The molecule has 1 heterocycles. The lowest BCUT2D eigenvalue weighted by atomic mass is 9.45. The highest BCUT2D eigenvalue weighted by molar-refractivity contribution is 6.06. The maximum atomic E-state index is 12.6. The number of hydrogen-bond acceptors (Lipinski definition) is 3. The summed E-state index contributed by atoms with van der Waals surface area (Å²) in [5, 5.41) is 0. The molecule has 0 aromatic carbocycles. The van der Waals surface area contributed by atoms with E-state index in [4.69, 9.17) is 4.74 Å². The molecular formula is C20H26O3. The van der Waals surface area contributed by atoms with Crippen molar-refractivity contribution in [2.24, 2.45) is 28.1 Å². The van der Waals surface area contributed by atoms with E-state index >= 15 is 0 Å². The molecule has 4 aliphatic rings. The molecule has 0 bridgehead atoms. The van der Waals surface area contributed by atoms with Crippen LogP contribution in [-0.2, 0) is 14.3 Å². The SMILES string of the molecule is C=C[C@@]1(C)CC[C@H]2C(=C[C@@H]3OC(=O)[C@]4(C)C(=O)CC[C@]2(C)[C@H]34)C1. The van der Waals surface area contributed by atoms with Gasteiger partial charge < -0.3 is 4.74 Å². The summed E-state index contributed by atoms with van der Waals surface area (Å²) >= 11 is 0. The van der Waals surface area contributed by atoms with Crippen LogP contribution in [0.5, 0.6) is 0 Å². The van der Waals surface area contributed by atoms with E-state index in [-0.39, 0.29) is 34.6 Å². The molecule has 23 heavy (non-hydrogen) atoms. The summed E-state index contributed by atoms with van der Waals surface area (Å²) < 4.78 is 5.71. The number of ether oxygens (including phenoxy) is 1. The third-order valence-corrected chi connectivity index (χ3v) is 7.53. The Morgan fingerprint density at radius 1 is 1.26 bits per heavy atom. The number of fused-ring (bicyclic) bond motifs is 2. The predicted molar refractivity (Wildman–Crippen MR) is 87.6 cm³/mol. The van der Waals surface area contributed by atoms with Crippen molar-refractivity contribution in [3.8, 4) is 0 Å². The number of allylic oxidation sites excluding steroid dienone is 2. The van der Waals surface area contributed by atoms with Crippen molar-refractivity contribution in [1.82, 2.24) is 0 Å². The summed E-state index contributed by atoms with van der Waals surface area (Å²) in [6.45, 7) is 10.4. The van der Waals surface area contributed by atoms with Crippen molar-refractivity contribution >= 4 is 11.8 Å². The Kier molecular flexibility index (Phi) is 2.88. The first-order valence-electron chi connectivity index (χ1n) is 8.83. The van der Waals surface area contributed by atoms with Gasteiger partial charge in [0.25, 0.3) is 0 Å². The summed E-state index contributed by atoms with van der Waals surface area (Å²) in [6.07, 6.45) is 8.67. The van der Waals surface area contributed by atoms with Gasteiger partial charge in [0.1, 0.15) is 17.3 Å². The fourth-order valence-corrected chi connectivity index (χ4v) is 6.06. The third-order valence-electron chi connectivity index (χ3n) is 7.53. The predicted octanol–water partition coefficient (Wildman–Crippen LogP) is 3.84. The molecule has 1 aliphatic heterocycles. The summed E-state index contributed by atoms with van der Waals surface area (Å²) in [5.41, 5.74) is 0.626. The molecule has 6 atom stereocenters. The van der Waals surface area contributed by atoms with Crippen molar-refractivity contribution in [2.45, 2.75) is 59.0 Å². The number of Topliss-reactive ketones (excluding diaryl/α,β-unsaturated/α-hetero) is 1. The average molecular weight is 314 g/mol. The second kappa shape index (κ2) is 4.37. The molecule has 3 fully saturated rings. The van der Waals surface area contributed by atoms with Gasteiger partial charge in [-0.2, -0.15) is 0 Å². The van der Waals surface area contributed by atoms with Crippen LogP contribution in [0.4, 0.5) is 0 Å². The molecule has 0 aromatic heterocycles. The Morgan fingerprint density at radius 2 is 2.00 bits per heavy atom. The minimum atomic E-state index is -0.932. The molecular weight excluding hydrogens is 288 g/mol. The minimum Gasteiger partial charge on any atom is -0.457 e. The molecule has 124 valence electrons. The van der Waals surface area contributed by atoms with Crippen LogP contribution in [0.1, 0.15) is 52.9 Å². The number of hydrogen-bond donors (Lipinski definition) is 0. The Hall–Kier alpha value is -1.38. The molecule has 3 nitrogen and oxygen atoms in total. The van der Waals surface area contributed by atoms with Crippen LogP contribution in [0, 0.1) is 28.1 Å². The normalized spacial score (nSPS) is 51.4. The Morgan fingerprint density at radius 3 is 2.70 bits per heavy atom. The first-order valence-corrected chi connectivity index (χ1v) is 8.83. The van der Waals surface area contributed by atoms with Gasteiger partial charge in [-0.25, -0.2) is 0 Å². The zero-order valence-electron chi connectivity index (χ0n) is 14.4. The molecule has 3 heteroatoms. The van der Waals surface area contributed by atoms with Gasteiger partial charge >= 0.3 is 5.97 Å². The summed E-state index contributed by atoms with van der Waals surface area (Å²) in [7, 11) is 0. The first kappa shape index (κ1) is 15.2. The topological polar surface area (TPSA) is 43.4 Å². The highest BCUT2D eigenvalue weighted by Gasteiger charge is 2.69. The van der Waals surface area contributed by atoms with Crippen LogP contribution in [0.2, 0.25) is 0 Å². The zero-order valence-corrected chi connectivity index (χ0v) is 14.4. The van der Waals surface area contributed by atoms with Gasteiger partial charge in [0.2, 0.25) is 0 Å². The van der Waals surface area contributed by atoms with E-state index in [1.807, 2.05) is 6.92 Å². The second-order valence-electron chi connectivity index (χ2n) is 8.85. The fourth-order valence-electron chi connectivity index (χ4n) is 6.06. The molecule has 0 amide bonds. The maximum Gasteiger partial charge on any atom is 0.320 e. The molecule has 4 rings (SSSR count). The number of ketones is 1. The van der Waals surface area contributed by atoms with E-state index in [9.17, 15) is 9.59 Å². The zero-order chi connectivity index (χ0) is 16.6. The molecule has 2 saturated carbocycles. The van der Waals surface area contributed by atoms with Crippen LogP contribution in [-0.4, -0.2) is 17.9 Å². The molecule has 0 N–H and O–H groups in total. The summed E-state index contributed by atoms with van der Waals surface area (Å²) in [6, 6.07) is 0. The number of esters is 1. The van der Waals surface area contributed by atoms with E-state index in [0.29, 0.717) is 12.3 Å². The van der Waals surface area contributed by atoms with Crippen LogP contribution in [0.25, 0.3) is 0 Å². The van der Waals surface area contributed by atoms with Crippen LogP contribution < -0.4 is 0 Å². The maximum absolute atomic E-state index is 12.6. The van der Waals surface area contributed by atoms with Gasteiger partial charge in [0.15, 0.2) is 0 Å². The fraction of sp³-hybridized carbons (Fsp3) is 0.700. The third kappa shape index (κ3) is 1.71. The molecule has 3 aliphatic carbocycles. The summed E-state index contributed by atoms with van der Waals surface area (Å²) in [5.74, 6) is 0.255. The van der Waals surface area contributed by atoms with E-state index in [1.54, 1.807) is 0 Å². The highest BCUT2D eigenvalue weighted by atomic mass is 16.6. The number of carbonyl (C=O) groups excluding carboxylic acids is 2. The molecule has 0 spiro atoms. The van der Waals surface area contributed by atoms with E-state index in [1.165, 1.54) is 5.57 Å². The monoisotopic (exact) mass is 314 g/mol. The van der Waals surface area contributed by atoms with Gasteiger partial charge in [-0.15, -0.1) is 6.58 Å². The van der Waals surface area contributed by atoms with Crippen LogP contribution >= 0.6 is 0 Å². The van der Waals surface area contributed by atoms with Crippen LogP contribution in [0.15, 0.2) is 24.3 Å². The number of rotatable bonds is 1. The van der Waals surface area contributed by atoms with E-state index < -0.39 is 5.41 Å². The van der Waals surface area contributed by atoms with Crippen molar-refractivity contribution in [1.29, 1.82) is 0 Å². The second-order valence-corrected chi connectivity index (χ2v) is 8.85. The van der Waals surface area contributed by atoms with Crippen molar-refractivity contribution < 1.29 is 14.3 Å². The van der Waals surface area contributed by atoms with Crippen molar-refractivity contribution in [3.05, 3.63) is 24.3 Å². The molecule has 0 aromatic rings. The smallest absolute Gasteiger partial charge is 0.320 e. The quantitative estimate of drug-likeness (QED) is 0.419. The summed E-state index contributed by atoms with van der Waals surface area (Å²) in [4.78, 5) is 25.1. The van der Waals surface area contributed by atoms with Crippen LogP contribution in [0.3, 0.4) is 0 Å². The average Bonchev–Trinajstić information content (AvgIpc) is 2.77.